The molecular weight excluding hydrogens is 238 g/mol. The van der Waals surface area contributed by atoms with Crippen LogP contribution in [0, 0.1) is 0 Å². The van der Waals surface area contributed by atoms with Gasteiger partial charge in [-0.25, -0.2) is 0 Å². The molecule has 0 fully saturated rings. The summed E-state index contributed by atoms with van der Waals surface area (Å²) in [6.45, 7) is 12.4. The molecule has 0 saturated heterocycles. The maximum absolute atomic E-state index is 3.55. The maximum atomic E-state index is 3.55. The van der Waals surface area contributed by atoms with Crippen LogP contribution in [0.1, 0.15) is 46.5 Å². The van der Waals surface area contributed by atoms with E-state index in [-0.39, 0.29) is 0 Å². The number of hydrogen-bond donors (Lipinski definition) is 0. The van der Waals surface area contributed by atoms with Gasteiger partial charge in [-0.2, -0.15) is 0 Å². The summed E-state index contributed by atoms with van der Waals surface area (Å²) < 4.78 is 1.36. The predicted octanol–water partition coefficient (Wildman–Crippen LogP) is 3.82. The molecule has 0 aromatic carbocycles. The molecule has 0 saturated carbocycles. The van der Waals surface area contributed by atoms with E-state index in [1.165, 1.54) is 56.3 Å². The smallest absolute Gasteiger partial charge is 0.0794 e. The Labute approximate surface area is 98.6 Å². The lowest BCUT2D eigenvalue weighted by atomic mass is 10.2. The molecular formula is C12H27BrN+. The van der Waals surface area contributed by atoms with Crippen molar-refractivity contribution in [3.8, 4) is 0 Å². The number of alkyl halides is 1. The first-order valence-corrected chi connectivity index (χ1v) is 7.27. The highest BCUT2D eigenvalue weighted by Gasteiger charge is 2.23. The number of halogens is 1. The standard InChI is InChI=1S/C12H27BrN/c1-4-9-14(10-5-2,11-6-3)12-7-8-13/h4-12H2,1-3H3/q+1. The zero-order valence-corrected chi connectivity index (χ0v) is 11.8. The Morgan fingerprint density at radius 1 is 0.786 bits per heavy atom. The zero-order chi connectivity index (χ0) is 10.9. The molecule has 0 rings (SSSR count). The Morgan fingerprint density at radius 2 is 1.21 bits per heavy atom. The van der Waals surface area contributed by atoms with Gasteiger partial charge in [0.25, 0.3) is 0 Å². The summed E-state index contributed by atoms with van der Waals surface area (Å²) >= 11 is 3.55. The van der Waals surface area contributed by atoms with Crippen molar-refractivity contribution in [2.24, 2.45) is 0 Å². The first kappa shape index (κ1) is 14.4. The van der Waals surface area contributed by atoms with E-state index >= 15 is 0 Å². The third-order valence-electron chi connectivity index (χ3n) is 2.86. The number of hydrogen-bond acceptors (Lipinski definition) is 0. The Bertz CT molecular complexity index is 108. The summed E-state index contributed by atoms with van der Waals surface area (Å²) in [5.74, 6) is 0. The lowest BCUT2D eigenvalue weighted by molar-refractivity contribution is -0.928. The summed E-state index contributed by atoms with van der Waals surface area (Å²) in [6.07, 6.45) is 5.28. The number of quaternary nitrogens is 1. The van der Waals surface area contributed by atoms with Gasteiger partial charge >= 0.3 is 0 Å². The van der Waals surface area contributed by atoms with Crippen molar-refractivity contribution in [3.63, 3.8) is 0 Å². The highest BCUT2D eigenvalue weighted by Crippen LogP contribution is 2.13. The monoisotopic (exact) mass is 264 g/mol. The predicted molar refractivity (Wildman–Crippen MR) is 69.0 cm³/mol. The van der Waals surface area contributed by atoms with E-state index < -0.39 is 0 Å². The molecule has 0 radical (unpaired) electrons. The molecule has 0 aromatic rings. The van der Waals surface area contributed by atoms with Gasteiger partial charge in [-0.1, -0.05) is 36.7 Å². The van der Waals surface area contributed by atoms with Gasteiger partial charge in [0.15, 0.2) is 0 Å². The Hall–Kier alpha value is 0.440. The molecule has 0 heterocycles. The minimum atomic E-state index is 1.16. The molecule has 0 aliphatic carbocycles. The van der Waals surface area contributed by atoms with Crippen LogP contribution in [-0.2, 0) is 0 Å². The van der Waals surface area contributed by atoms with Crippen molar-refractivity contribution in [2.75, 3.05) is 31.5 Å². The van der Waals surface area contributed by atoms with Gasteiger partial charge in [0, 0.05) is 11.8 Å². The van der Waals surface area contributed by atoms with Crippen LogP contribution in [0.25, 0.3) is 0 Å². The van der Waals surface area contributed by atoms with Crippen LogP contribution >= 0.6 is 15.9 Å². The second kappa shape index (κ2) is 8.72. The molecule has 0 unspecified atom stereocenters. The van der Waals surface area contributed by atoms with Crippen LogP contribution in [0.2, 0.25) is 0 Å². The summed E-state index contributed by atoms with van der Waals surface area (Å²) in [5.41, 5.74) is 0. The van der Waals surface area contributed by atoms with Gasteiger partial charge in [0.2, 0.25) is 0 Å². The van der Waals surface area contributed by atoms with E-state index in [2.05, 4.69) is 36.7 Å². The first-order chi connectivity index (χ1) is 6.74. The molecule has 1 nitrogen and oxygen atoms in total. The third-order valence-corrected chi connectivity index (χ3v) is 3.42. The molecule has 0 bridgehead atoms. The van der Waals surface area contributed by atoms with Gasteiger partial charge in [0.05, 0.1) is 26.2 Å². The van der Waals surface area contributed by atoms with E-state index in [1.807, 2.05) is 0 Å². The van der Waals surface area contributed by atoms with E-state index in [0.717, 1.165) is 5.33 Å². The van der Waals surface area contributed by atoms with Gasteiger partial charge in [-0.05, 0) is 19.3 Å². The van der Waals surface area contributed by atoms with Crippen molar-refractivity contribution >= 4 is 15.9 Å². The maximum Gasteiger partial charge on any atom is 0.0794 e. The highest BCUT2D eigenvalue weighted by molar-refractivity contribution is 9.09. The largest absolute Gasteiger partial charge is 0.324 e. The van der Waals surface area contributed by atoms with Crippen LogP contribution < -0.4 is 0 Å². The van der Waals surface area contributed by atoms with Crippen LogP contribution in [0.5, 0.6) is 0 Å². The fourth-order valence-electron chi connectivity index (χ4n) is 2.49. The molecule has 0 atom stereocenters. The van der Waals surface area contributed by atoms with E-state index in [4.69, 9.17) is 0 Å². The molecule has 0 spiro atoms. The molecule has 0 amide bonds. The zero-order valence-electron chi connectivity index (χ0n) is 10.2. The van der Waals surface area contributed by atoms with Crippen LogP contribution in [0.15, 0.2) is 0 Å². The van der Waals surface area contributed by atoms with Crippen molar-refractivity contribution in [3.05, 3.63) is 0 Å². The van der Waals surface area contributed by atoms with E-state index in [1.54, 1.807) is 0 Å². The number of nitrogens with zero attached hydrogens (tertiary/aromatic N) is 1. The molecule has 86 valence electrons. The normalized spacial score (nSPS) is 12.0. The second-order valence-electron chi connectivity index (χ2n) is 4.28. The molecule has 0 aliphatic heterocycles. The Morgan fingerprint density at radius 3 is 1.50 bits per heavy atom. The topological polar surface area (TPSA) is 0 Å². The number of rotatable bonds is 9. The minimum Gasteiger partial charge on any atom is -0.324 e. The average Bonchev–Trinajstić information content (AvgIpc) is 2.16. The lowest BCUT2D eigenvalue weighted by Crippen LogP contribution is -2.50. The lowest BCUT2D eigenvalue weighted by Gasteiger charge is -2.38. The van der Waals surface area contributed by atoms with Gasteiger partial charge in [-0.3, -0.25) is 0 Å². The van der Waals surface area contributed by atoms with Crippen molar-refractivity contribution in [1.29, 1.82) is 0 Å². The summed E-state index contributed by atoms with van der Waals surface area (Å²) in [5, 5.41) is 1.16. The molecule has 0 aromatic heterocycles. The fraction of sp³-hybridized carbons (Fsp3) is 1.00. The third kappa shape index (κ3) is 5.35. The average molecular weight is 265 g/mol. The highest BCUT2D eigenvalue weighted by atomic mass is 79.9. The molecule has 0 aliphatic rings. The fourth-order valence-corrected chi connectivity index (χ4v) is 2.74. The minimum absolute atomic E-state index is 1.16. The van der Waals surface area contributed by atoms with Crippen molar-refractivity contribution in [2.45, 2.75) is 46.5 Å². The molecule has 2 heteroatoms. The Kier molecular flexibility index (Phi) is 9.00. The Balaban J connectivity index is 4.21. The summed E-state index contributed by atoms with van der Waals surface area (Å²) in [6, 6.07) is 0. The summed E-state index contributed by atoms with van der Waals surface area (Å²) in [4.78, 5) is 0. The van der Waals surface area contributed by atoms with Crippen LogP contribution in [0.4, 0.5) is 0 Å². The van der Waals surface area contributed by atoms with Gasteiger partial charge < -0.3 is 4.48 Å². The SMILES string of the molecule is CCC[N+](CCC)(CCC)CCCBr. The van der Waals surface area contributed by atoms with Crippen molar-refractivity contribution < 1.29 is 4.48 Å². The van der Waals surface area contributed by atoms with Gasteiger partial charge in [0.1, 0.15) is 0 Å². The second-order valence-corrected chi connectivity index (χ2v) is 5.07. The van der Waals surface area contributed by atoms with E-state index in [0.29, 0.717) is 0 Å². The van der Waals surface area contributed by atoms with Gasteiger partial charge in [-0.15, -0.1) is 0 Å². The van der Waals surface area contributed by atoms with Crippen molar-refractivity contribution in [1.82, 2.24) is 0 Å². The molecule has 0 N–H and O–H groups in total. The first-order valence-electron chi connectivity index (χ1n) is 6.15. The molecule has 14 heavy (non-hydrogen) atoms. The summed E-state index contributed by atoms with van der Waals surface area (Å²) in [7, 11) is 0. The van der Waals surface area contributed by atoms with Crippen LogP contribution in [0.3, 0.4) is 0 Å². The van der Waals surface area contributed by atoms with E-state index in [9.17, 15) is 0 Å². The van der Waals surface area contributed by atoms with Crippen LogP contribution in [-0.4, -0.2) is 36.0 Å². The quantitative estimate of drug-likeness (QED) is 0.439.